The zero-order chi connectivity index (χ0) is 36.2. The van der Waals surface area contributed by atoms with Crippen LogP contribution in [0.4, 0.5) is 22.7 Å². The molecule has 260 valence electrons. The highest BCUT2D eigenvalue weighted by molar-refractivity contribution is 6.24. The van der Waals surface area contributed by atoms with E-state index < -0.39 is 0 Å². The Kier molecular flexibility index (Phi) is 6.88. The molecule has 4 aromatic carbocycles. The van der Waals surface area contributed by atoms with E-state index in [1.807, 2.05) is 33.1 Å². The average molecular weight is 689 g/mol. The summed E-state index contributed by atoms with van der Waals surface area (Å²) in [6, 6.07) is 26.1. The Morgan fingerprint density at radius 3 is 1.56 bits per heavy atom. The van der Waals surface area contributed by atoms with Gasteiger partial charge in [0.15, 0.2) is 0 Å². The van der Waals surface area contributed by atoms with Gasteiger partial charge in [0.05, 0.1) is 17.0 Å². The minimum absolute atomic E-state index is 0.0691. The van der Waals surface area contributed by atoms with Crippen molar-refractivity contribution in [1.29, 1.82) is 0 Å². The van der Waals surface area contributed by atoms with Crippen molar-refractivity contribution in [3.05, 3.63) is 108 Å². The molecule has 0 atom stereocenters. The number of hydrogen-bond donors (Lipinski definition) is 1. The summed E-state index contributed by atoms with van der Waals surface area (Å²) < 4.78 is 2.11. The highest BCUT2D eigenvalue weighted by Gasteiger charge is 2.39. The molecule has 4 aliphatic rings. The molecule has 0 saturated heterocycles. The lowest BCUT2D eigenvalue weighted by Crippen LogP contribution is -2.43. The summed E-state index contributed by atoms with van der Waals surface area (Å²) in [5.74, 6) is 2.35. The van der Waals surface area contributed by atoms with Crippen LogP contribution in [0.3, 0.4) is 0 Å². The zero-order valence-electron chi connectivity index (χ0n) is 30.6. The Balaban J connectivity index is 1.28. The van der Waals surface area contributed by atoms with Gasteiger partial charge in [0, 0.05) is 102 Å². The predicted molar refractivity (Wildman–Crippen MR) is 216 cm³/mol. The lowest BCUT2D eigenvalue weighted by molar-refractivity contribution is 0.427. The normalized spacial score (nSPS) is 16.0. The minimum Gasteiger partial charge on any atom is -0.508 e. The number of guanidine groups is 1. The molecule has 1 N–H and O–H groups in total. The standard InChI is InChI=1S/C41H40N10O/c1-46(2)23-9-13-28-29-14-10-24(47(3)4)18-33(29)38(32(28)17-23)39-42-36-21-27(52)22-37-43-40(45-41(44-39)51(36)37)50-34-19-25(48(5)6)11-15-30(34)31-16-12-26(49(7)8)20-35(31)50/h9-22,38,52H,1-8H3. The monoisotopic (exact) mass is 688 g/mol. The fourth-order valence-corrected chi connectivity index (χ4v) is 7.58. The van der Waals surface area contributed by atoms with Crippen LogP contribution in [0.5, 0.6) is 0 Å². The molecule has 0 amide bonds. The third kappa shape index (κ3) is 4.72. The highest BCUT2D eigenvalue weighted by atomic mass is 16.3. The Bertz CT molecular complexity index is 2440. The number of hydrogen-bond acceptors (Lipinski definition) is 10. The fourth-order valence-electron chi connectivity index (χ4n) is 7.58. The molecule has 0 fully saturated rings. The third-order valence-corrected chi connectivity index (χ3v) is 10.3. The van der Waals surface area contributed by atoms with Gasteiger partial charge in [0.1, 0.15) is 23.3 Å². The van der Waals surface area contributed by atoms with Crippen LogP contribution >= 0.6 is 0 Å². The molecule has 4 heterocycles. The number of rotatable bonds is 5. The van der Waals surface area contributed by atoms with E-state index in [1.165, 1.54) is 0 Å². The number of amidine groups is 2. The van der Waals surface area contributed by atoms with Crippen molar-refractivity contribution in [1.82, 2.24) is 9.47 Å². The molecule has 1 aliphatic carbocycles. The number of aliphatic hydroxyl groups is 1. The lowest BCUT2D eigenvalue weighted by atomic mass is 9.94. The first-order valence-electron chi connectivity index (χ1n) is 17.3. The van der Waals surface area contributed by atoms with Crippen molar-refractivity contribution in [2.75, 3.05) is 76.0 Å². The van der Waals surface area contributed by atoms with Gasteiger partial charge in [0.25, 0.3) is 0 Å². The molecule has 1 aromatic heterocycles. The van der Waals surface area contributed by atoms with Gasteiger partial charge in [-0.3, -0.25) is 4.57 Å². The maximum atomic E-state index is 11.1. The van der Waals surface area contributed by atoms with Crippen molar-refractivity contribution in [2.45, 2.75) is 5.92 Å². The smallest absolute Gasteiger partial charge is 0.242 e. The van der Waals surface area contributed by atoms with Gasteiger partial charge in [-0.1, -0.05) is 24.3 Å². The topological polar surface area (TPSA) is 90.8 Å². The molecule has 5 aromatic rings. The maximum absolute atomic E-state index is 11.1. The third-order valence-electron chi connectivity index (χ3n) is 10.3. The van der Waals surface area contributed by atoms with Crippen molar-refractivity contribution in [3.8, 4) is 11.1 Å². The quantitative estimate of drug-likeness (QED) is 0.217. The van der Waals surface area contributed by atoms with Crippen LogP contribution in [0.25, 0.3) is 32.9 Å². The lowest BCUT2D eigenvalue weighted by Gasteiger charge is -2.33. The van der Waals surface area contributed by atoms with Crippen molar-refractivity contribution < 1.29 is 5.11 Å². The highest BCUT2D eigenvalue weighted by Crippen LogP contribution is 2.49. The Morgan fingerprint density at radius 2 is 1.04 bits per heavy atom. The van der Waals surface area contributed by atoms with Crippen LogP contribution in [-0.2, 0) is 0 Å². The number of nitrogens with zero attached hydrogens (tertiary/aromatic N) is 10. The molecule has 52 heavy (non-hydrogen) atoms. The molecule has 0 bridgehead atoms. The van der Waals surface area contributed by atoms with Gasteiger partial charge >= 0.3 is 0 Å². The molecule has 9 rings (SSSR count). The second kappa shape index (κ2) is 11.3. The van der Waals surface area contributed by atoms with E-state index in [1.54, 1.807) is 12.2 Å². The second-order valence-electron chi connectivity index (χ2n) is 14.5. The summed E-state index contributed by atoms with van der Waals surface area (Å²) in [5.41, 5.74) is 10.9. The number of aliphatic hydroxyl groups excluding tert-OH is 1. The first-order valence-corrected chi connectivity index (χ1v) is 17.3. The van der Waals surface area contributed by atoms with E-state index in [4.69, 9.17) is 20.0 Å². The molecule has 0 saturated carbocycles. The second-order valence-corrected chi connectivity index (χ2v) is 14.5. The van der Waals surface area contributed by atoms with E-state index in [0.717, 1.165) is 66.8 Å². The zero-order valence-corrected chi connectivity index (χ0v) is 30.6. The molecule has 11 nitrogen and oxygen atoms in total. The number of benzene rings is 4. The molecular formula is C41H40N10O. The van der Waals surface area contributed by atoms with E-state index in [0.29, 0.717) is 29.4 Å². The number of aliphatic imine (C=N–C) groups is 4. The first kappa shape index (κ1) is 31.6. The van der Waals surface area contributed by atoms with Crippen LogP contribution in [0.15, 0.2) is 116 Å². The molecule has 0 spiro atoms. The summed E-state index contributed by atoms with van der Waals surface area (Å²) >= 11 is 0. The summed E-state index contributed by atoms with van der Waals surface area (Å²) in [6.45, 7) is 0. The van der Waals surface area contributed by atoms with Gasteiger partial charge < -0.3 is 24.7 Å². The fraction of sp³-hybridized carbons (Fsp3) is 0.220. The van der Waals surface area contributed by atoms with Gasteiger partial charge in [-0.2, -0.15) is 15.0 Å². The van der Waals surface area contributed by atoms with Crippen LogP contribution in [0, 0.1) is 0 Å². The average Bonchev–Trinajstić information content (AvgIpc) is 3.62. The molecule has 0 unspecified atom stereocenters. The van der Waals surface area contributed by atoms with Crippen molar-refractivity contribution >= 4 is 68.1 Å². The minimum atomic E-state index is -0.257. The van der Waals surface area contributed by atoms with Gasteiger partial charge in [0.2, 0.25) is 11.9 Å². The molecule has 11 heteroatoms. The maximum Gasteiger partial charge on any atom is 0.242 e. The Labute approximate surface area is 302 Å². The van der Waals surface area contributed by atoms with Gasteiger partial charge in [-0.25, -0.2) is 9.89 Å². The predicted octanol–water partition coefficient (Wildman–Crippen LogP) is 6.85. The largest absolute Gasteiger partial charge is 0.508 e. The van der Waals surface area contributed by atoms with Crippen LogP contribution in [-0.4, -0.2) is 94.5 Å². The molecule has 0 radical (unpaired) electrons. The van der Waals surface area contributed by atoms with Crippen LogP contribution in [0.2, 0.25) is 0 Å². The molecule has 3 aliphatic heterocycles. The SMILES string of the molecule is CN(C)c1ccc2c(c1)C(C1=NC3=NC(n4c5cc(N(C)C)ccc5c5ccc(N(C)C)cc54)=NC4=CC(O)=CC(=N1)N43)c1cc(N(C)C)ccc1-2. The van der Waals surface area contributed by atoms with Crippen molar-refractivity contribution in [3.63, 3.8) is 0 Å². The Hall–Kier alpha value is -6.36. The summed E-state index contributed by atoms with van der Waals surface area (Å²) in [6.07, 6.45) is 3.30. The number of aromatic nitrogens is 1. The van der Waals surface area contributed by atoms with E-state index >= 15 is 0 Å². The number of anilines is 4. The van der Waals surface area contributed by atoms with Crippen molar-refractivity contribution in [2.24, 2.45) is 20.0 Å². The first-order chi connectivity index (χ1) is 25.0. The summed E-state index contributed by atoms with van der Waals surface area (Å²) in [5, 5.41) is 13.3. The molecular weight excluding hydrogens is 649 g/mol. The Morgan fingerprint density at radius 1 is 0.538 bits per heavy atom. The number of fused-ring (bicyclic) bond motifs is 6. The van der Waals surface area contributed by atoms with Crippen LogP contribution < -0.4 is 19.6 Å². The summed E-state index contributed by atoms with van der Waals surface area (Å²) in [7, 11) is 16.4. The van der Waals surface area contributed by atoms with Gasteiger partial charge in [-0.05, 0) is 70.8 Å². The van der Waals surface area contributed by atoms with Crippen LogP contribution in [0.1, 0.15) is 17.0 Å². The number of allylic oxidation sites excluding steroid dienone is 1. The van der Waals surface area contributed by atoms with E-state index in [-0.39, 0.29) is 11.7 Å². The van der Waals surface area contributed by atoms with E-state index in [9.17, 15) is 5.11 Å². The summed E-state index contributed by atoms with van der Waals surface area (Å²) in [4.78, 5) is 30.9. The van der Waals surface area contributed by atoms with Gasteiger partial charge in [-0.15, -0.1) is 0 Å². The van der Waals surface area contributed by atoms with E-state index in [2.05, 4.69) is 125 Å².